The van der Waals surface area contributed by atoms with Crippen LogP contribution < -0.4 is 0 Å². The molecule has 1 radical (unpaired) electrons. The lowest BCUT2D eigenvalue weighted by molar-refractivity contribution is -0.0328. The fraction of sp³-hybridized carbons (Fsp3) is 0.143. The Morgan fingerprint density at radius 3 is 2.50 bits per heavy atom. The van der Waals surface area contributed by atoms with Crippen molar-refractivity contribution in [2.45, 2.75) is 10.4 Å². The zero-order chi connectivity index (χ0) is 9.19. The summed E-state index contributed by atoms with van der Waals surface area (Å²) in [4.78, 5) is -0.137. The Morgan fingerprint density at radius 1 is 1.33 bits per heavy atom. The molecule has 0 bridgehead atoms. The molecule has 0 unspecified atom stereocenters. The number of halogens is 3. The van der Waals surface area contributed by atoms with Crippen LogP contribution in [0.25, 0.3) is 0 Å². The van der Waals surface area contributed by atoms with Crippen LogP contribution in [0.15, 0.2) is 23.1 Å². The third kappa shape index (κ3) is 3.04. The van der Waals surface area contributed by atoms with Crippen molar-refractivity contribution in [3.8, 4) is 5.75 Å². The maximum Gasteiger partial charge on any atom is 0.446 e. The smallest absolute Gasteiger partial charge is 0.446 e. The third-order valence-electron chi connectivity index (χ3n) is 0.979. The molecular weight excluding hydrogens is 189 g/mol. The summed E-state index contributed by atoms with van der Waals surface area (Å²) >= 11 is -0.301. The molecule has 1 aromatic carbocycles. The van der Waals surface area contributed by atoms with E-state index >= 15 is 0 Å². The van der Waals surface area contributed by atoms with E-state index in [0.29, 0.717) is 0 Å². The van der Waals surface area contributed by atoms with Gasteiger partial charge in [0, 0.05) is 11.0 Å². The molecular formula is C7H4F3OS. The Balaban J connectivity index is 2.77. The molecule has 0 atom stereocenters. The van der Waals surface area contributed by atoms with E-state index in [1.807, 2.05) is 0 Å². The van der Waals surface area contributed by atoms with Crippen LogP contribution in [-0.4, -0.2) is 10.6 Å². The summed E-state index contributed by atoms with van der Waals surface area (Å²) in [5.74, 6) is -0.288. The van der Waals surface area contributed by atoms with Crippen molar-refractivity contribution in [3.05, 3.63) is 24.3 Å². The van der Waals surface area contributed by atoms with E-state index in [1.165, 1.54) is 18.2 Å². The summed E-state index contributed by atoms with van der Waals surface area (Å²) in [6.45, 7) is 0. The van der Waals surface area contributed by atoms with E-state index in [-0.39, 0.29) is 22.4 Å². The molecule has 0 saturated heterocycles. The van der Waals surface area contributed by atoms with Gasteiger partial charge in [-0.1, -0.05) is 6.07 Å². The largest absolute Gasteiger partial charge is 0.507 e. The Hall–Kier alpha value is -0.840. The molecule has 0 aliphatic rings. The molecule has 0 saturated carbocycles. The number of hydrogen-bond donors (Lipinski definition) is 1. The highest BCUT2D eigenvalue weighted by Crippen LogP contribution is 2.37. The lowest BCUT2D eigenvalue weighted by Crippen LogP contribution is -1.98. The van der Waals surface area contributed by atoms with E-state index < -0.39 is 5.51 Å². The summed E-state index contributed by atoms with van der Waals surface area (Å²) < 4.78 is 35.2. The van der Waals surface area contributed by atoms with Gasteiger partial charge in [-0.05, 0) is 23.9 Å². The van der Waals surface area contributed by atoms with Gasteiger partial charge in [-0.25, -0.2) is 0 Å². The quantitative estimate of drug-likeness (QED) is 0.692. The number of hydrogen-bond acceptors (Lipinski definition) is 2. The Bertz CT molecular complexity index is 272. The first-order valence-corrected chi connectivity index (χ1v) is 3.76. The van der Waals surface area contributed by atoms with Crippen molar-refractivity contribution in [1.82, 2.24) is 0 Å². The molecule has 0 amide bonds. The highest BCUT2D eigenvalue weighted by atomic mass is 32.2. The van der Waals surface area contributed by atoms with E-state index in [0.717, 1.165) is 0 Å². The highest BCUT2D eigenvalue weighted by molar-refractivity contribution is 8.00. The molecule has 0 fully saturated rings. The first-order valence-electron chi connectivity index (χ1n) is 2.94. The SMILES string of the molecule is Oc1[c]c(SC(F)(F)F)ccc1. The number of aromatic hydroxyl groups is 1. The van der Waals surface area contributed by atoms with Gasteiger partial charge in [0.25, 0.3) is 0 Å². The second kappa shape index (κ2) is 3.26. The molecule has 1 nitrogen and oxygen atoms in total. The number of phenols is 1. The molecule has 5 heteroatoms. The van der Waals surface area contributed by atoms with Crippen LogP contribution in [0.3, 0.4) is 0 Å². The molecule has 0 aliphatic carbocycles. The van der Waals surface area contributed by atoms with Gasteiger partial charge in [0.05, 0.1) is 0 Å². The van der Waals surface area contributed by atoms with Crippen molar-refractivity contribution in [2.75, 3.05) is 0 Å². The summed E-state index contributed by atoms with van der Waals surface area (Å²) in [7, 11) is 0. The van der Waals surface area contributed by atoms with Gasteiger partial charge < -0.3 is 5.11 Å². The number of benzene rings is 1. The fourth-order valence-corrected chi connectivity index (χ4v) is 1.17. The molecule has 1 aromatic rings. The molecule has 0 aromatic heterocycles. The van der Waals surface area contributed by atoms with Gasteiger partial charge in [-0.3, -0.25) is 0 Å². The predicted molar refractivity (Wildman–Crippen MR) is 38.9 cm³/mol. The Labute approximate surface area is 71.2 Å². The molecule has 1 rings (SSSR count). The van der Waals surface area contributed by atoms with Crippen molar-refractivity contribution in [1.29, 1.82) is 0 Å². The topological polar surface area (TPSA) is 20.2 Å². The lowest BCUT2D eigenvalue weighted by Gasteiger charge is -2.04. The zero-order valence-electron chi connectivity index (χ0n) is 5.72. The monoisotopic (exact) mass is 193 g/mol. The summed E-state index contributed by atoms with van der Waals surface area (Å²) in [5.41, 5.74) is -4.33. The third-order valence-corrected chi connectivity index (χ3v) is 1.67. The van der Waals surface area contributed by atoms with Crippen LogP contribution in [0, 0.1) is 6.07 Å². The predicted octanol–water partition coefficient (Wildman–Crippen LogP) is 2.80. The normalized spacial score (nSPS) is 11.6. The average Bonchev–Trinajstić information content (AvgIpc) is 1.82. The van der Waals surface area contributed by atoms with Gasteiger partial charge in [-0.15, -0.1) is 0 Å². The second-order valence-corrected chi connectivity index (χ2v) is 3.05. The van der Waals surface area contributed by atoms with E-state index in [9.17, 15) is 13.2 Å². The zero-order valence-corrected chi connectivity index (χ0v) is 6.54. The van der Waals surface area contributed by atoms with Gasteiger partial charge in [0.2, 0.25) is 0 Å². The van der Waals surface area contributed by atoms with Crippen LogP contribution in [-0.2, 0) is 0 Å². The maximum absolute atomic E-state index is 11.7. The van der Waals surface area contributed by atoms with Gasteiger partial charge in [-0.2, -0.15) is 13.2 Å². The molecule has 65 valence electrons. The number of rotatable bonds is 1. The standard InChI is InChI=1S/C7H4F3OS/c8-7(9,10)12-6-3-1-2-5(11)4-6/h1-3,11H. The van der Waals surface area contributed by atoms with Crippen molar-refractivity contribution >= 4 is 11.8 Å². The summed E-state index contributed by atoms with van der Waals surface area (Å²) in [6, 6.07) is 5.99. The van der Waals surface area contributed by atoms with E-state index in [4.69, 9.17) is 5.11 Å². The number of phenolic OH excluding ortho intramolecular Hbond substituents is 1. The lowest BCUT2D eigenvalue weighted by atomic mass is 10.3. The van der Waals surface area contributed by atoms with E-state index in [1.54, 1.807) is 0 Å². The minimum absolute atomic E-state index is 0.137. The first kappa shape index (κ1) is 9.25. The molecule has 12 heavy (non-hydrogen) atoms. The second-order valence-electron chi connectivity index (χ2n) is 1.95. The van der Waals surface area contributed by atoms with Crippen LogP contribution in [0.5, 0.6) is 5.75 Å². The summed E-state index contributed by atoms with van der Waals surface area (Å²) in [6.07, 6.45) is 0. The van der Waals surface area contributed by atoms with Crippen molar-refractivity contribution in [3.63, 3.8) is 0 Å². The molecule has 0 spiro atoms. The van der Waals surface area contributed by atoms with Crippen LogP contribution >= 0.6 is 11.8 Å². The van der Waals surface area contributed by atoms with Gasteiger partial charge in [0.1, 0.15) is 5.75 Å². The molecule has 0 heterocycles. The number of thioether (sulfide) groups is 1. The van der Waals surface area contributed by atoms with Crippen molar-refractivity contribution < 1.29 is 18.3 Å². The van der Waals surface area contributed by atoms with Gasteiger partial charge in [0.15, 0.2) is 0 Å². The van der Waals surface area contributed by atoms with Gasteiger partial charge >= 0.3 is 5.51 Å². The minimum Gasteiger partial charge on any atom is -0.507 e. The Morgan fingerprint density at radius 2 is 2.00 bits per heavy atom. The molecule has 0 aliphatic heterocycles. The van der Waals surface area contributed by atoms with Crippen LogP contribution in [0.2, 0.25) is 0 Å². The highest BCUT2D eigenvalue weighted by Gasteiger charge is 2.29. The minimum atomic E-state index is -4.33. The maximum atomic E-state index is 11.7. The summed E-state index contributed by atoms with van der Waals surface area (Å²) in [5, 5.41) is 8.77. The molecule has 1 N–H and O–H groups in total. The van der Waals surface area contributed by atoms with Crippen LogP contribution in [0.4, 0.5) is 13.2 Å². The van der Waals surface area contributed by atoms with Crippen LogP contribution in [0.1, 0.15) is 0 Å². The van der Waals surface area contributed by atoms with Crippen molar-refractivity contribution in [2.24, 2.45) is 0 Å². The first-order chi connectivity index (χ1) is 5.47. The fourth-order valence-electron chi connectivity index (χ4n) is 0.620. The Kier molecular flexibility index (Phi) is 2.52. The van der Waals surface area contributed by atoms with E-state index in [2.05, 4.69) is 6.07 Å². The average molecular weight is 193 g/mol. The number of alkyl halides is 3.